The highest BCUT2D eigenvalue weighted by atomic mass is 35.5. The van der Waals surface area contributed by atoms with Crippen LogP contribution in [0.5, 0.6) is 0 Å². The second-order valence-electron chi connectivity index (χ2n) is 7.88. The van der Waals surface area contributed by atoms with Crippen LogP contribution in [-0.2, 0) is 4.79 Å². The molecule has 168 valence electrons. The number of rotatable bonds is 7. The Balaban J connectivity index is 1.84. The van der Waals surface area contributed by atoms with Crippen molar-refractivity contribution in [3.63, 3.8) is 0 Å². The predicted molar refractivity (Wildman–Crippen MR) is 123 cm³/mol. The molecule has 0 bridgehead atoms. The van der Waals surface area contributed by atoms with Gasteiger partial charge in [0, 0.05) is 18.8 Å². The Morgan fingerprint density at radius 3 is 2.03 bits per heavy atom. The van der Waals surface area contributed by atoms with Crippen molar-refractivity contribution in [3.05, 3.63) is 64.2 Å². The van der Waals surface area contributed by atoms with Gasteiger partial charge in [0.2, 0.25) is 5.91 Å². The van der Waals surface area contributed by atoms with Crippen LogP contribution in [0.25, 0.3) is 0 Å². The van der Waals surface area contributed by atoms with Crippen molar-refractivity contribution in [1.29, 1.82) is 0 Å². The number of carbonyl (C=O) groups excluding carboxylic acids is 4. The van der Waals surface area contributed by atoms with E-state index in [1.54, 1.807) is 55.1 Å². The van der Waals surface area contributed by atoms with Crippen LogP contribution in [0, 0.1) is 5.92 Å². The van der Waals surface area contributed by atoms with Gasteiger partial charge < -0.3 is 10.2 Å². The second-order valence-corrected chi connectivity index (χ2v) is 8.28. The Labute approximate surface area is 192 Å². The third-order valence-electron chi connectivity index (χ3n) is 5.52. The zero-order chi connectivity index (χ0) is 23.6. The van der Waals surface area contributed by atoms with Gasteiger partial charge in [-0.05, 0) is 50.1 Å². The van der Waals surface area contributed by atoms with Gasteiger partial charge in [-0.15, -0.1) is 0 Å². The molecule has 0 radical (unpaired) electrons. The molecule has 1 atom stereocenters. The van der Waals surface area contributed by atoms with Crippen LogP contribution in [0.3, 0.4) is 0 Å². The third-order valence-corrected chi connectivity index (χ3v) is 5.83. The van der Waals surface area contributed by atoms with Crippen molar-refractivity contribution >= 4 is 40.9 Å². The summed E-state index contributed by atoms with van der Waals surface area (Å²) in [6.45, 7) is 8.42. The maximum Gasteiger partial charge on any atom is 0.262 e. The van der Waals surface area contributed by atoms with E-state index in [1.807, 2.05) is 13.8 Å². The minimum absolute atomic E-state index is 0.191. The first kappa shape index (κ1) is 23.5. The zero-order valence-electron chi connectivity index (χ0n) is 18.5. The smallest absolute Gasteiger partial charge is 0.262 e. The van der Waals surface area contributed by atoms with Crippen LogP contribution in [-0.4, -0.2) is 52.6 Å². The molecule has 2 aromatic rings. The highest BCUT2D eigenvalue weighted by molar-refractivity contribution is 6.34. The van der Waals surface area contributed by atoms with Gasteiger partial charge in [0.05, 0.1) is 21.7 Å². The Hall–Kier alpha value is -3.19. The first-order chi connectivity index (χ1) is 15.2. The lowest BCUT2D eigenvalue weighted by molar-refractivity contribution is -0.121. The number of halogens is 1. The molecule has 0 aliphatic carbocycles. The summed E-state index contributed by atoms with van der Waals surface area (Å²) in [6.07, 6.45) is 0. The molecule has 8 heteroatoms. The monoisotopic (exact) mass is 455 g/mol. The summed E-state index contributed by atoms with van der Waals surface area (Å²) in [5, 5.41) is 2.95. The number of hydrogen-bond donors (Lipinski definition) is 1. The van der Waals surface area contributed by atoms with Crippen molar-refractivity contribution in [2.75, 3.05) is 18.4 Å². The van der Waals surface area contributed by atoms with Gasteiger partial charge in [-0.2, -0.15) is 0 Å². The predicted octanol–water partition coefficient (Wildman–Crippen LogP) is 4.08. The molecule has 0 saturated carbocycles. The van der Waals surface area contributed by atoms with Gasteiger partial charge in [0.15, 0.2) is 0 Å². The summed E-state index contributed by atoms with van der Waals surface area (Å²) in [4.78, 5) is 54.1. The van der Waals surface area contributed by atoms with Crippen LogP contribution in [0.4, 0.5) is 5.69 Å². The van der Waals surface area contributed by atoms with Gasteiger partial charge in [-0.25, -0.2) is 0 Å². The molecular formula is C24H26ClN3O4. The maximum absolute atomic E-state index is 13.1. The standard InChI is InChI=1S/C24H26ClN3O4/c1-5-27(6-2)22(30)18-12-11-15(13-19(18)25)26-21(29)20(14(3)4)28-23(31)16-9-7-8-10-17(16)24(28)32/h7-14,20H,5-6H2,1-4H3,(H,26,29). The topological polar surface area (TPSA) is 86.8 Å². The number of hydrogen-bond acceptors (Lipinski definition) is 4. The molecule has 1 aliphatic rings. The molecule has 0 aromatic heterocycles. The molecule has 0 fully saturated rings. The van der Waals surface area contributed by atoms with Crippen LogP contribution in [0.1, 0.15) is 58.8 Å². The van der Waals surface area contributed by atoms with Crippen molar-refractivity contribution < 1.29 is 19.2 Å². The van der Waals surface area contributed by atoms with E-state index in [0.29, 0.717) is 35.5 Å². The van der Waals surface area contributed by atoms with Crippen LogP contribution >= 0.6 is 11.6 Å². The summed E-state index contributed by atoms with van der Waals surface area (Å²) < 4.78 is 0. The molecule has 1 unspecified atom stereocenters. The van der Waals surface area contributed by atoms with Crippen molar-refractivity contribution in [3.8, 4) is 0 Å². The molecule has 32 heavy (non-hydrogen) atoms. The first-order valence-electron chi connectivity index (χ1n) is 10.6. The van der Waals surface area contributed by atoms with Crippen LogP contribution in [0.2, 0.25) is 5.02 Å². The molecular weight excluding hydrogens is 430 g/mol. The van der Waals surface area contributed by atoms with Crippen LogP contribution in [0.15, 0.2) is 42.5 Å². The number of amides is 4. The normalized spacial score (nSPS) is 13.9. The lowest BCUT2D eigenvalue weighted by Gasteiger charge is -2.28. The average Bonchev–Trinajstić information content (AvgIpc) is 3.00. The van der Waals surface area contributed by atoms with E-state index in [1.165, 1.54) is 6.07 Å². The number of nitrogens with one attached hydrogen (secondary N) is 1. The summed E-state index contributed by atoms with van der Waals surface area (Å²) in [6, 6.07) is 10.2. The van der Waals surface area contributed by atoms with E-state index in [4.69, 9.17) is 11.6 Å². The van der Waals surface area contributed by atoms with Gasteiger partial charge >= 0.3 is 0 Å². The number of nitrogens with zero attached hydrogens (tertiary/aromatic N) is 2. The largest absolute Gasteiger partial charge is 0.339 e. The van der Waals surface area contributed by atoms with Gasteiger partial charge in [0.1, 0.15) is 6.04 Å². The van der Waals surface area contributed by atoms with E-state index < -0.39 is 23.8 Å². The summed E-state index contributed by atoms with van der Waals surface area (Å²) in [7, 11) is 0. The molecule has 1 N–H and O–H groups in total. The molecule has 0 spiro atoms. The van der Waals surface area contributed by atoms with Crippen molar-refractivity contribution in [1.82, 2.24) is 9.80 Å². The minimum atomic E-state index is -1.00. The Morgan fingerprint density at radius 1 is 1.00 bits per heavy atom. The minimum Gasteiger partial charge on any atom is -0.339 e. The van der Waals surface area contributed by atoms with Crippen molar-refractivity contribution in [2.45, 2.75) is 33.7 Å². The SMILES string of the molecule is CCN(CC)C(=O)c1ccc(NC(=O)C(C(C)C)N2C(=O)c3ccccc3C2=O)cc1Cl. The first-order valence-corrected chi connectivity index (χ1v) is 11.0. The number of imide groups is 1. The van der Waals surface area contributed by atoms with Gasteiger partial charge in [0.25, 0.3) is 17.7 Å². The summed E-state index contributed by atoms with van der Waals surface area (Å²) in [5.74, 6) is -2.00. The molecule has 0 saturated heterocycles. The fourth-order valence-corrected chi connectivity index (χ4v) is 4.10. The van der Waals surface area contributed by atoms with E-state index in [-0.39, 0.29) is 16.8 Å². The number of fused-ring (bicyclic) bond motifs is 1. The van der Waals surface area contributed by atoms with Crippen molar-refractivity contribution in [2.24, 2.45) is 5.92 Å². The number of benzene rings is 2. The fraction of sp³-hybridized carbons (Fsp3) is 0.333. The van der Waals surface area contributed by atoms with Crippen LogP contribution < -0.4 is 5.32 Å². The molecule has 1 heterocycles. The van der Waals surface area contributed by atoms with Gasteiger partial charge in [-0.3, -0.25) is 24.1 Å². The fourth-order valence-electron chi connectivity index (χ4n) is 3.84. The Bertz CT molecular complexity index is 1040. The lowest BCUT2D eigenvalue weighted by atomic mass is 10.0. The average molecular weight is 456 g/mol. The molecule has 4 amide bonds. The van der Waals surface area contributed by atoms with E-state index in [2.05, 4.69) is 5.32 Å². The Morgan fingerprint density at radius 2 is 1.56 bits per heavy atom. The highest BCUT2D eigenvalue weighted by Crippen LogP contribution is 2.28. The second kappa shape index (κ2) is 9.53. The quantitative estimate of drug-likeness (QED) is 0.637. The molecule has 1 aliphatic heterocycles. The molecule has 2 aromatic carbocycles. The maximum atomic E-state index is 13.1. The number of carbonyl (C=O) groups is 4. The van der Waals surface area contributed by atoms with E-state index >= 15 is 0 Å². The third kappa shape index (κ3) is 4.25. The summed E-state index contributed by atoms with van der Waals surface area (Å²) in [5.41, 5.74) is 1.30. The zero-order valence-corrected chi connectivity index (χ0v) is 19.3. The summed E-state index contributed by atoms with van der Waals surface area (Å²) >= 11 is 6.32. The van der Waals surface area contributed by atoms with E-state index in [9.17, 15) is 19.2 Å². The van der Waals surface area contributed by atoms with E-state index in [0.717, 1.165) is 4.90 Å². The Kier molecular flexibility index (Phi) is 6.99. The highest BCUT2D eigenvalue weighted by Gasteiger charge is 2.43. The lowest BCUT2D eigenvalue weighted by Crippen LogP contribution is -2.50. The van der Waals surface area contributed by atoms with Gasteiger partial charge in [-0.1, -0.05) is 37.6 Å². The number of anilines is 1. The molecule has 3 rings (SSSR count). The molecule has 7 nitrogen and oxygen atoms in total.